The molecule has 0 bridgehead atoms. The molecule has 0 radical (unpaired) electrons. The summed E-state index contributed by atoms with van der Waals surface area (Å²) in [7, 11) is -1.78. The maximum atomic E-state index is 11.3. The van der Waals surface area contributed by atoms with Crippen molar-refractivity contribution in [3.63, 3.8) is 0 Å². The van der Waals surface area contributed by atoms with Crippen LogP contribution in [0.15, 0.2) is 0 Å². The molecule has 15 heavy (non-hydrogen) atoms. The topological polar surface area (TPSA) is 52.6 Å². The Morgan fingerprint density at radius 1 is 1.07 bits per heavy atom. The second kappa shape index (κ2) is 6.61. The van der Waals surface area contributed by atoms with E-state index >= 15 is 0 Å². The van der Waals surface area contributed by atoms with Crippen LogP contribution in [0.25, 0.3) is 0 Å². The van der Waals surface area contributed by atoms with Gasteiger partial charge in [-0.25, -0.2) is 0 Å². The van der Waals surface area contributed by atoms with E-state index in [9.17, 15) is 9.59 Å². The van der Waals surface area contributed by atoms with Crippen molar-refractivity contribution in [2.75, 3.05) is 6.61 Å². The predicted molar refractivity (Wildman–Crippen MR) is 59.9 cm³/mol. The van der Waals surface area contributed by atoms with Crippen molar-refractivity contribution in [3.05, 3.63) is 0 Å². The zero-order valence-electron chi connectivity index (χ0n) is 9.96. The third-order valence-electron chi connectivity index (χ3n) is 1.49. The fraction of sp³-hybridized carbons (Fsp3) is 0.800. The van der Waals surface area contributed by atoms with Crippen LogP contribution in [-0.4, -0.2) is 26.9 Å². The molecule has 0 N–H and O–H groups in total. The molecule has 0 aromatic carbocycles. The van der Waals surface area contributed by atoms with E-state index in [0.717, 1.165) is 0 Å². The highest BCUT2D eigenvalue weighted by atomic mass is 28.4. The summed E-state index contributed by atoms with van der Waals surface area (Å²) in [6.07, 6.45) is 1.08. The Bertz CT molecular complexity index is 220. The van der Waals surface area contributed by atoms with Gasteiger partial charge in [0.05, 0.1) is 6.61 Å². The Labute approximate surface area is 92.1 Å². The average molecular weight is 232 g/mol. The SMILES string of the molecule is CCOC(=O)CCCC(=O)O[Si](C)(C)C. The normalized spacial score (nSPS) is 10.9. The number of carbonyl (C=O) groups excluding carboxylic acids is 2. The summed E-state index contributed by atoms with van der Waals surface area (Å²) in [5, 5.41) is 0. The number of carbonyl (C=O) groups is 2. The maximum Gasteiger partial charge on any atom is 0.305 e. The molecular formula is C10H20O4Si. The van der Waals surface area contributed by atoms with E-state index in [1.54, 1.807) is 6.92 Å². The molecule has 0 saturated carbocycles. The maximum absolute atomic E-state index is 11.3. The molecule has 0 unspecified atom stereocenters. The number of hydrogen-bond acceptors (Lipinski definition) is 4. The molecular weight excluding hydrogens is 212 g/mol. The van der Waals surface area contributed by atoms with Gasteiger partial charge in [0.15, 0.2) is 0 Å². The summed E-state index contributed by atoms with van der Waals surface area (Å²) in [5.41, 5.74) is 0. The van der Waals surface area contributed by atoms with Crippen LogP contribution in [-0.2, 0) is 18.8 Å². The Kier molecular flexibility index (Phi) is 6.23. The third kappa shape index (κ3) is 9.46. The van der Waals surface area contributed by atoms with Crippen LogP contribution < -0.4 is 0 Å². The van der Waals surface area contributed by atoms with E-state index < -0.39 is 8.32 Å². The zero-order valence-corrected chi connectivity index (χ0v) is 11.0. The van der Waals surface area contributed by atoms with E-state index in [-0.39, 0.29) is 18.4 Å². The van der Waals surface area contributed by atoms with Gasteiger partial charge in [-0.05, 0) is 33.0 Å². The first-order valence-electron chi connectivity index (χ1n) is 5.22. The Hall–Kier alpha value is -0.843. The molecule has 0 aliphatic heterocycles. The van der Waals surface area contributed by atoms with Crippen molar-refractivity contribution in [1.82, 2.24) is 0 Å². The van der Waals surface area contributed by atoms with Crippen LogP contribution in [0.3, 0.4) is 0 Å². The number of rotatable bonds is 6. The van der Waals surface area contributed by atoms with Gasteiger partial charge in [-0.2, -0.15) is 0 Å². The van der Waals surface area contributed by atoms with Gasteiger partial charge in [0, 0.05) is 12.8 Å². The van der Waals surface area contributed by atoms with Gasteiger partial charge in [0.2, 0.25) is 8.32 Å². The van der Waals surface area contributed by atoms with Gasteiger partial charge >= 0.3 is 5.97 Å². The van der Waals surface area contributed by atoms with Crippen molar-refractivity contribution in [2.24, 2.45) is 0 Å². The molecule has 0 aliphatic carbocycles. The quantitative estimate of drug-likeness (QED) is 0.520. The molecule has 5 heteroatoms. The Morgan fingerprint density at radius 3 is 2.07 bits per heavy atom. The summed E-state index contributed by atoms with van der Waals surface area (Å²) >= 11 is 0. The second-order valence-corrected chi connectivity index (χ2v) is 8.67. The second-order valence-electron chi connectivity index (χ2n) is 4.25. The smallest absolute Gasteiger partial charge is 0.305 e. The van der Waals surface area contributed by atoms with E-state index in [2.05, 4.69) is 0 Å². The minimum Gasteiger partial charge on any atom is -0.520 e. The lowest BCUT2D eigenvalue weighted by Gasteiger charge is -2.16. The highest BCUT2D eigenvalue weighted by molar-refractivity contribution is 6.71. The van der Waals surface area contributed by atoms with Crippen molar-refractivity contribution < 1.29 is 18.8 Å². The molecule has 0 fully saturated rings. The van der Waals surface area contributed by atoms with E-state index in [1.807, 2.05) is 19.6 Å². The fourth-order valence-corrected chi connectivity index (χ4v) is 1.79. The average Bonchev–Trinajstić information content (AvgIpc) is 2.00. The zero-order chi connectivity index (χ0) is 11.9. The van der Waals surface area contributed by atoms with Crippen molar-refractivity contribution >= 4 is 20.3 Å². The first-order valence-corrected chi connectivity index (χ1v) is 8.63. The fourth-order valence-electron chi connectivity index (χ4n) is 1.00. The van der Waals surface area contributed by atoms with Crippen LogP contribution in [0.5, 0.6) is 0 Å². The molecule has 88 valence electrons. The monoisotopic (exact) mass is 232 g/mol. The van der Waals surface area contributed by atoms with Crippen LogP contribution in [0.4, 0.5) is 0 Å². The minimum absolute atomic E-state index is 0.210. The molecule has 0 saturated heterocycles. The lowest BCUT2D eigenvalue weighted by atomic mass is 10.2. The Balaban J connectivity index is 3.60. The molecule has 0 heterocycles. The van der Waals surface area contributed by atoms with Gasteiger partial charge < -0.3 is 9.16 Å². The molecule has 0 atom stereocenters. The van der Waals surface area contributed by atoms with Gasteiger partial charge in [-0.1, -0.05) is 0 Å². The molecule has 0 rings (SSSR count). The molecule has 0 amide bonds. The highest BCUT2D eigenvalue weighted by Crippen LogP contribution is 2.07. The lowest BCUT2D eigenvalue weighted by Crippen LogP contribution is -2.29. The van der Waals surface area contributed by atoms with Crippen LogP contribution in [0, 0.1) is 0 Å². The molecule has 0 spiro atoms. The summed E-state index contributed by atoms with van der Waals surface area (Å²) in [4.78, 5) is 22.2. The van der Waals surface area contributed by atoms with Gasteiger partial charge in [0.25, 0.3) is 5.97 Å². The summed E-state index contributed by atoms with van der Waals surface area (Å²) in [5.74, 6) is -0.461. The van der Waals surface area contributed by atoms with Gasteiger partial charge in [-0.3, -0.25) is 9.59 Å². The van der Waals surface area contributed by atoms with E-state index in [0.29, 0.717) is 19.4 Å². The standard InChI is InChI=1S/C10H20O4Si/c1-5-13-9(11)7-6-8-10(12)14-15(2,3)4/h5-8H2,1-4H3. The number of hydrogen-bond donors (Lipinski definition) is 0. The molecule has 0 aromatic heterocycles. The summed E-state index contributed by atoms with van der Waals surface area (Å²) < 4.78 is 9.97. The van der Waals surface area contributed by atoms with Gasteiger partial charge in [0.1, 0.15) is 0 Å². The van der Waals surface area contributed by atoms with Crippen LogP contribution in [0.1, 0.15) is 26.2 Å². The molecule has 4 nitrogen and oxygen atoms in total. The first-order chi connectivity index (χ1) is 6.85. The molecule has 0 aliphatic rings. The van der Waals surface area contributed by atoms with Crippen LogP contribution >= 0.6 is 0 Å². The predicted octanol–water partition coefficient (Wildman–Crippen LogP) is 2.10. The van der Waals surface area contributed by atoms with Crippen molar-refractivity contribution in [1.29, 1.82) is 0 Å². The number of ether oxygens (including phenoxy) is 1. The van der Waals surface area contributed by atoms with Crippen molar-refractivity contribution in [2.45, 2.75) is 45.8 Å². The summed E-state index contributed by atoms with van der Waals surface area (Å²) in [6.45, 7) is 8.01. The van der Waals surface area contributed by atoms with E-state index in [1.165, 1.54) is 0 Å². The minimum atomic E-state index is -1.78. The summed E-state index contributed by atoms with van der Waals surface area (Å²) in [6, 6.07) is 0. The third-order valence-corrected chi connectivity index (χ3v) is 2.33. The Morgan fingerprint density at radius 2 is 1.60 bits per heavy atom. The largest absolute Gasteiger partial charge is 0.520 e. The first kappa shape index (κ1) is 14.2. The van der Waals surface area contributed by atoms with Crippen molar-refractivity contribution in [3.8, 4) is 0 Å². The highest BCUT2D eigenvalue weighted by Gasteiger charge is 2.19. The van der Waals surface area contributed by atoms with E-state index in [4.69, 9.17) is 9.16 Å². The molecule has 0 aromatic rings. The lowest BCUT2D eigenvalue weighted by molar-refractivity contribution is -0.143. The van der Waals surface area contributed by atoms with Gasteiger partial charge in [-0.15, -0.1) is 0 Å². The van der Waals surface area contributed by atoms with Crippen LogP contribution in [0.2, 0.25) is 19.6 Å². The number of esters is 1.